The van der Waals surface area contributed by atoms with Crippen molar-refractivity contribution in [1.29, 1.82) is 0 Å². The highest BCUT2D eigenvalue weighted by molar-refractivity contribution is 5.57. The van der Waals surface area contributed by atoms with E-state index in [-0.39, 0.29) is 0 Å². The molecule has 4 heteroatoms. The van der Waals surface area contributed by atoms with E-state index < -0.39 is 0 Å². The average Bonchev–Trinajstić information content (AvgIpc) is 2.50. The fourth-order valence-corrected chi connectivity index (χ4v) is 3.28. The number of hydrogen-bond donors (Lipinski definition) is 2. The predicted octanol–water partition coefficient (Wildman–Crippen LogP) is 4.10. The molecule has 1 fully saturated rings. The quantitative estimate of drug-likeness (QED) is 0.794. The molecule has 0 bridgehead atoms. The van der Waals surface area contributed by atoms with Gasteiger partial charge in [0.15, 0.2) is 0 Å². The molecule has 0 saturated heterocycles. The highest BCUT2D eigenvalue weighted by atomic mass is 15.1. The molecule has 21 heavy (non-hydrogen) atoms. The van der Waals surface area contributed by atoms with E-state index in [9.17, 15) is 0 Å². The number of rotatable bonds is 7. The first-order chi connectivity index (χ1) is 10.2. The van der Waals surface area contributed by atoms with E-state index in [1.54, 1.807) is 6.33 Å². The second-order valence-corrected chi connectivity index (χ2v) is 6.35. The summed E-state index contributed by atoms with van der Waals surface area (Å²) in [6.45, 7) is 8.72. The first kappa shape index (κ1) is 16.1. The van der Waals surface area contributed by atoms with Gasteiger partial charge in [-0.1, -0.05) is 33.6 Å². The van der Waals surface area contributed by atoms with Gasteiger partial charge in [-0.05, 0) is 37.5 Å². The van der Waals surface area contributed by atoms with Gasteiger partial charge in [0.25, 0.3) is 0 Å². The van der Waals surface area contributed by atoms with Crippen LogP contribution in [0.3, 0.4) is 0 Å². The van der Waals surface area contributed by atoms with Crippen LogP contribution in [0.5, 0.6) is 0 Å². The smallest absolute Gasteiger partial charge is 0.134 e. The Hall–Kier alpha value is -1.32. The van der Waals surface area contributed by atoms with Gasteiger partial charge in [0, 0.05) is 18.7 Å². The van der Waals surface area contributed by atoms with Crippen molar-refractivity contribution in [1.82, 2.24) is 9.97 Å². The van der Waals surface area contributed by atoms with Crippen LogP contribution in [-0.2, 0) is 6.42 Å². The summed E-state index contributed by atoms with van der Waals surface area (Å²) in [5.41, 5.74) is 1.22. The summed E-state index contributed by atoms with van der Waals surface area (Å²) in [6, 6.07) is 0. The lowest BCUT2D eigenvalue weighted by Gasteiger charge is -2.27. The van der Waals surface area contributed by atoms with Gasteiger partial charge in [-0.3, -0.25) is 0 Å². The van der Waals surface area contributed by atoms with Gasteiger partial charge >= 0.3 is 0 Å². The average molecular weight is 290 g/mol. The molecule has 0 aromatic carbocycles. The van der Waals surface area contributed by atoms with E-state index in [0.29, 0.717) is 0 Å². The summed E-state index contributed by atoms with van der Waals surface area (Å²) in [6.07, 6.45) is 9.21. The third-order valence-electron chi connectivity index (χ3n) is 4.44. The summed E-state index contributed by atoms with van der Waals surface area (Å²) in [4.78, 5) is 8.85. The Labute approximate surface area is 129 Å². The SMILES string of the molecule is CCCNc1ncnc(NCC2CCCC(C)C2)c1CC. The van der Waals surface area contributed by atoms with E-state index in [1.165, 1.54) is 31.2 Å². The second-order valence-electron chi connectivity index (χ2n) is 6.35. The molecule has 1 aromatic heterocycles. The maximum Gasteiger partial charge on any atom is 0.134 e. The van der Waals surface area contributed by atoms with Crippen LogP contribution in [0.2, 0.25) is 0 Å². The van der Waals surface area contributed by atoms with Gasteiger partial charge in [0.1, 0.15) is 18.0 Å². The minimum absolute atomic E-state index is 0.792. The molecule has 0 aliphatic heterocycles. The minimum Gasteiger partial charge on any atom is -0.370 e. The van der Waals surface area contributed by atoms with Crippen molar-refractivity contribution in [3.8, 4) is 0 Å². The molecule has 0 spiro atoms. The van der Waals surface area contributed by atoms with E-state index in [2.05, 4.69) is 41.4 Å². The fraction of sp³-hybridized carbons (Fsp3) is 0.765. The van der Waals surface area contributed by atoms with Gasteiger partial charge in [-0.15, -0.1) is 0 Å². The third kappa shape index (κ3) is 4.58. The van der Waals surface area contributed by atoms with Crippen molar-refractivity contribution >= 4 is 11.6 Å². The van der Waals surface area contributed by atoms with Gasteiger partial charge in [0.2, 0.25) is 0 Å². The molecule has 2 unspecified atom stereocenters. The molecule has 2 N–H and O–H groups in total. The molecule has 1 aliphatic carbocycles. The van der Waals surface area contributed by atoms with Crippen LogP contribution in [0, 0.1) is 11.8 Å². The Morgan fingerprint density at radius 3 is 2.57 bits per heavy atom. The van der Waals surface area contributed by atoms with Crippen molar-refractivity contribution in [2.45, 2.75) is 59.3 Å². The minimum atomic E-state index is 0.792. The normalized spacial score (nSPS) is 22.0. The zero-order valence-corrected chi connectivity index (χ0v) is 13.8. The molecule has 2 rings (SSSR count). The Morgan fingerprint density at radius 2 is 1.90 bits per heavy atom. The van der Waals surface area contributed by atoms with Gasteiger partial charge < -0.3 is 10.6 Å². The Morgan fingerprint density at radius 1 is 1.14 bits per heavy atom. The maximum absolute atomic E-state index is 4.46. The van der Waals surface area contributed by atoms with Crippen molar-refractivity contribution in [2.75, 3.05) is 23.7 Å². The number of anilines is 2. The zero-order chi connectivity index (χ0) is 15.1. The van der Waals surface area contributed by atoms with Gasteiger partial charge in [-0.2, -0.15) is 0 Å². The van der Waals surface area contributed by atoms with Crippen LogP contribution in [0.15, 0.2) is 6.33 Å². The van der Waals surface area contributed by atoms with Crippen LogP contribution in [0.1, 0.15) is 58.4 Å². The van der Waals surface area contributed by atoms with Crippen LogP contribution in [-0.4, -0.2) is 23.1 Å². The molecule has 1 aromatic rings. The van der Waals surface area contributed by atoms with E-state index in [1.807, 2.05) is 0 Å². The summed E-state index contributed by atoms with van der Waals surface area (Å²) in [5.74, 6) is 3.68. The number of nitrogens with one attached hydrogen (secondary N) is 2. The fourth-order valence-electron chi connectivity index (χ4n) is 3.28. The molecule has 1 heterocycles. The van der Waals surface area contributed by atoms with Crippen molar-refractivity contribution in [2.24, 2.45) is 11.8 Å². The molecule has 1 saturated carbocycles. The lowest BCUT2D eigenvalue weighted by atomic mass is 9.82. The molecular weight excluding hydrogens is 260 g/mol. The second kappa shape index (κ2) is 8.20. The molecule has 4 nitrogen and oxygen atoms in total. The molecule has 0 amide bonds. The number of hydrogen-bond acceptors (Lipinski definition) is 4. The lowest BCUT2D eigenvalue weighted by Crippen LogP contribution is -2.22. The number of aromatic nitrogens is 2. The molecule has 118 valence electrons. The van der Waals surface area contributed by atoms with Crippen molar-refractivity contribution < 1.29 is 0 Å². The Bertz CT molecular complexity index is 433. The monoisotopic (exact) mass is 290 g/mol. The topological polar surface area (TPSA) is 49.8 Å². The Balaban J connectivity index is 1.98. The standard InChI is InChI=1S/C17H30N4/c1-4-9-18-16-15(5-2)17(21-12-20-16)19-11-14-8-6-7-13(3)10-14/h12-14H,4-11H2,1-3H3,(H2,18,19,20,21). The molecule has 0 radical (unpaired) electrons. The van der Waals surface area contributed by atoms with Crippen LogP contribution in [0.4, 0.5) is 11.6 Å². The van der Waals surface area contributed by atoms with Crippen LogP contribution >= 0.6 is 0 Å². The van der Waals surface area contributed by atoms with Gasteiger partial charge in [-0.25, -0.2) is 9.97 Å². The van der Waals surface area contributed by atoms with E-state index >= 15 is 0 Å². The molecule has 1 aliphatic rings. The first-order valence-corrected chi connectivity index (χ1v) is 8.56. The summed E-state index contributed by atoms with van der Waals surface area (Å²) in [5, 5.41) is 6.99. The Kier molecular flexibility index (Phi) is 6.27. The molecule has 2 atom stereocenters. The number of nitrogens with zero attached hydrogens (tertiary/aromatic N) is 2. The van der Waals surface area contributed by atoms with Crippen molar-refractivity contribution in [3.63, 3.8) is 0 Å². The van der Waals surface area contributed by atoms with Crippen LogP contribution < -0.4 is 10.6 Å². The summed E-state index contributed by atoms with van der Waals surface area (Å²) >= 11 is 0. The maximum atomic E-state index is 4.46. The zero-order valence-electron chi connectivity index (χ0n) is 13.8. The predicted molar refractivity (Wildman–Crippen MR) is 89.8 cm³/mol. The highest BCUT2D eigenvalue weighted by Gasteiger charge is 2.19. The highest BCUT2D eigenvalue weighted by Crippen LogP contribution is 2.29. The summed E-state index contributed by atoms with van der Waals surface area (Å²) in [7, 11) is 0. The molecular formula is C17H30N4. The summed E-state index contributed by atoms with van der Waals surface area (Å²) < 4.78 is 0. The van der Waals surface area contributed by atoms with Crippen molar-refractivity contribution in [3.05, 3.63) is 11.9 Å². The van der Waals surface area contributed by atoms with E-state index in [4.69, 9.17) is 0 Å². The van der Waals surface area contributed by atoms with E-state index in [0.717, 1.165) is 49.4 Å². The lowest BCUT2D eigenvalue weighted by molar-refractivity contribution is 0.293. The largest absolute Gasteiger partial charge is 0.370 e. The third-order valence-corrected chi connectivity index (χ3v) is 4.44. The van der Waals surface area contributed by atoms with Gasteiger partial charge in [0.05, 0.1) is 0 Å². The van der Waals surface area contributed by atoms with Crippen LogP contribution in [0.25, 0.3) is 0 Å². The first-order valence-electron chi connectivity index (χ1n) is 8.56.